The molecule has 204 valence electrons. The molecule has 0 aromatic heterocycles. The largest absolute Gasteiger partial charge is 0.454 e. The molecule has 3 amide bonds. The summed E-state index contributed by atoms with van der Waals surface area (Å²) in [4.78, 5) is 55.1. The normalized spacial score (nSPS) is 23.0. The number of amides is 3. The topological polar surface area (TPSA) is 92.8 Å². The quantitative estimate of drug-likeness (QED) is 0.290. The smallest absolute Gasteiger partial charge is 0.330 e. The third-order valence-corrected chi connectivity index (χ3v) is 9.42. The minimum absolute atomic E-state index is 0.267. The highest BCUT2D eigenvalue weighted by atomic mass is 79.9. The first-order valence-corrected chi connectivity index (χ1v) is 14.3. The summed E-state index contributed by atoms with van der Waals surface area (Å²) in [5.41, 5.74) is 4.68. The van der Waals surface area contributed by atoms with Crippen LogP contribution in [0.3, 0.4) is 0 Å². The Morgan fingerprint density at radius 2 is 1.40 bits per heavy atom. The second kappa shape index (κ2) is 10.2. The number of esters is 1. The van der Waals surface area contributed by atoms with Gasteiger partial charge in [0.25, 0.3) is 5.91 Å². The van der Waals surface area contributed by atoms with Crippen LogP contribution in [0.1, 0.15) is 47.9 Å². The van der Waals surface area contributed by atoms with Gasteiger partial charge >= 0.3 is 5.97 Å². The van der Waals surface area contributed by atoms with Crippen molar-refractivity contribution in [2.75, 3.05) is 11.9 Å². The molecular formula is C31H26BrClN2O5. The van der Waals surface area contributed by atoms with Crippen LogP contribution in [0, 0.1) is 17.8 Å². The molecule has 3 aliphatic carbocycles. The molecule has 0 radical (unpaired) electrons. The number of anilines is 1. The van der Waals surface area contributed by atoms with Crippen molar-refractivity contribution in [1.82, 2.24) is 4.90 Å². The van der Waals surface area contributed by atoms with Crippen molar-refractivity contribution >= 4 is 56.9 Å². The lowest BCUT2D eigenvalue weighted by Gasteiger charge is -2.45. The van der Waals surface area contributed by atoms with Crippen molar-refractivity contribution in [2.45, 2.75) is 31.7 Å². The van der Waals surface area contributed by atoms with Gasteiger partial charge in [0.1, 0.15) is 6.04 Å². The molecule has 1 saturated heterocycles. The fourth-order valence-electron chi connectivity index (χ4n) is 6.64. The van der Waals surface area contributed by atoms with E-state index in [2.05, 4.69) is 21.2 Å². The summed E-state index contributed by atoms with van der Waals surface area (Å²) in [6.45, 7) is 2.95. The predicted molar refractivity (Wildman–Crippen MR) is 153 cm³/mol. The summed E-state index contributed by atoms with van der Waals surface area (Å²) in [5, 5.41) is 3.05. The fraction of sp³-hybridized carbons (Fsp3) is 0.290. The summed E-state index contributed by atoms with van der Waals surface area (Å²) >= 11 is 9.38. The number of rotatable bonds is 6. The standard InChI is InChI=1S/C31H26BrClN2O5/c1-15(2)28(31(39)40-14-23(36)34-16-11-12-21(32)22(33)13-16)35-29(37)26-24-17-7-3-4-8-18(17)25(27(26)30(35)38)20-10-6-5-9-19(20)24/h3-13,15,24-28H,14H2,1-2H3,(H,34,36)/t24?,25?,26-,27-,28-/m1/s1. The maximum atomic E-state index is 14.1. The molecule has 1 N–H and O–H groups in total. The van der Waals surface area contributed by atoms with E-state index >= 15 is 0 Å². The number of carbonyl (C=O) groups is 4. The van der Waals surface area contributed by atoms with Crippen LogP contribution in [0.5, 0.6) is 0 Å². The van der Waals surface area contributed by atoms with Crippen molar-refractivity contribution in [1.29, 1.82) is 0 Å². The van der Waals surface area contributed by atoms with E-state index < -0.39 is 42.3 Å². The van der Waals surface area contributed by atoms with Gasteiger partial charge in [0.05, 0.1) is 16.9 Å². The summed E-state index contributed by atoms with van der Waals surface area (Å²) in [6.07, 6.45) is 0. The molecular weight excluding hydrogens is 596 g/mol. The van der Waals surface area contributed by atoms with E-state index in [9.17, 15) is 19.2 Å². The minimum atomic E-state index is -1.15. The zero-order valence-corrected chi connectivity index (χ0v) is 24.1. The predicted octanol–water partition coefficient (Wildman–Crippen LogP) is 5.50. The van der Waals surface area contributed by atoms with Gasteiger partial charge < -0.3 is 10.1 Å². The van der Waals surface area contributed by atoms with Gasteiger partial charge in [-0.3, -0.25) is 19.3 Å². The second-order valence-corrected chi connectivity index (χ2v) is 12.0. The molecule has 0 spiro atoms. The Bertz CT molecular complexity index is 1460. The van der Waals surface area contributed by atoms with Gasteiger partial charge in [-0.25, -0.2) is 4.79 Å². The van der Waals surface area contributed by atoms with Gasteiger partial charge in [0.2, 0.25) is 11.8 Å². The van der Waals surface area contributed by atoms with Crippen LogP contribution >= 0.6 is 27.5 Å². The van der Waals surface area contributed by atoms with E-state index in [0.29, 0.717) is 15.2 Å². The van der Waals surface area contributed by atoms with Gasteiger partial charge in [-0.15, -0.1) is 0 Å². The number of benzene rings is 3. The number of imide groups is 1. The maximum absolute atomic E-state index is 14.1. The molecule has 7 rings (SSSR count). The van der Waals surface area contributed by atoms with Crippen LogP contribution in [-0.4, -0.2) is 41.2 Å². The maximum Gasteiger partial charge on any atom is 0.330 e. The average Bonchev–Trinajstić information content (AvgIpc) is 3.20. The number of ether oxygens (including phenoxy) is 1. The summed E-state index contributed by atoms with van der Waals surface area (Å²) in [7, 11) is 0. The van der Waals surface area contributed by atoms with Crippen LogP contribution < -0.4 is 5.32 Å². The van der Waals surface area contributed by atoms with Crippen molar-refractivity contribution in [2.24, 2.45) is 17.8 Å². The first kappa shape index (κ1) is 26.7. The van der Waals surface area contributed by atoms with Gasteiger partial charge in [-0.2, -0.15) is 0 Å². The molecule has 1 fully saturated rings. The molecule has 4 aliphatic rings. The van der Waals surface area contributed by atoms with Crippen molar-refractivity contribution in [3.8, 4) is 0 Å². The van der Waals surface area contributed by atoms with Crippen LogP contribution in [0.25, 0.3) is 0 Å². The van der Waals surface area contributed by atoms with E-state index in [-0.39, 0.29) is 23.7 Å². The van der Waals surface area contributed by atoms with Gasteiger partial charge in [0, 0.05) is 22.0 Å². The molecule has 3 aromatic rings. The molecule has 1 heterocycles. The number of hydrogen-bond acceptors (Lipinski definition) is 5. The first-order chi connectivity index (χ1) is 19.2. The zero-order valence-electron chi connectivity index (χ0n) is 21.8. The SMILES string of the molecule is CC(C)[C@H](C(=O)OCC(=O)Nc1ccc(Br)c(Cl)c1)N1C(=O)[C@@H]2C3c4ccccc4C(c4ccccc43)[C@H]2C1=O. The van der Waals surface area contributed by atoms with E-state index in [0.717, 1.165) is 27.2 Å². The summed E-state index contributed by atoms with van der Waals surface area (Å²) < 4.78 is 6.05. The van der Waals surface area contributed by atoms with Crippen molar-refractivity contribution in [3.63, 3.8) is 0 Å². The average molecular weight is 622 g/mol. The lowest BCUT2D eigenvalue weighted by molar-refractivity contribution is -0.162. The third-order valence-electron chi connectivity index (χ3n) is 8.18. The van der Waals surface area contributed by atoms with Gasteiger partial charge in [-0.05, 0) is 62.3 Å². The molecule has 1 aliphatic heterocycles. The van der Waals surface area contributed by atoms with E-state index in [1.54, 1.807) is 32.0 Å². The van der Waals surface area contributed by atoms with E-state index in [4.69, 9.17) is 16.3 Å². The Kier molecular flexibility index (Phi) is 6.79. The number of halogens is 2. The highest BCUT2D eigenvalue weighted by molar-refractivity contribution is 9.10. The molecule has 3 atom stereocenters. The summed E-state index contributed by atoms with van der Waals surface area (Å²) in [5.74, 6) is -4.22. The van der Waals surface area contributed by atoms with Crippen LogP contribution in [-0.2, 0) is 23.9 Å². The van der Waals surface area contributed by atoms with Crippen LogP contribution in [0.4, 0.5) is 5.69 Å². The first-order valence-electron chi connectivity index (χ1n) is 13.1. The molecule has 3 aromatic carbocycles. The minimum Gasteiger partial charge on any atom is -0.454 e. The zero-order chi connectivity index (χ0) is 28.3. The second-order valence-electron chi connectivity index (χ2n) is 10.8. The van der Waals surface area contributed by atoms with Crippen LogP contribution in [0.15, 0.2) is 71.2 Å². The Morgan fingerprint density at radius 3 is 1.85 bits per heavy atom. The van der Waals surface area contributed by atoms with Crippen molar-refractivity contribution in [3.05, 3.63) is 98.5 Å². The number of nitrogens with zero attached hydrogens (tertiary/aromatic N) is 1. The molecule has 7 nitrogen and oxygen atoms in total. The molecule has 40 heavy (non-hydrogen) atoms. The Balaban J connectivity index is 1.25. The number of carbonyl (C=O) groups excluding carboxylic acids is 4. The summed E-state index contributed by atoms with van der Waals surface area (Å²) in [6, 6.07) is 19.7. The Hall–Kier alpha value is -3.49. The van der Waals surface area contributed by atoms with Gasteiger partial charge in [-0.1, -0.05) is 74.0 Å². The highest BCUT2D eigenvalue weighted by Gasteiger charge is 2.63. The van der Waals surface area contributed by atoms with Gasteiger partial charge in [0.15, 0.2) is 6.61 Å². The Morgan fingerprint density at radius 1 is 0.900 bits per heavy atom. The Labute approximate surface area is 245 Å². The molecule has 0 saturated carbocycles. The number of nitrogens with one attached hydrogen (secondary N) is 1. The number of likely N-dealkylation sites (tertiary alicyclic amines) is 1. The molecule has 2 bridgehead atoms. The molecule has 0 unspecified atom stereocenters. The van der Waals surface area contributed by atoms with E-state index in [1.807, 2.05) is 48.5 Å². The number of hydrogen-bond donors (Lipinski definition) is 1. The lowest BCUT2D eigenvalue weighted by atomic mass is 9.55. The fourth-order valence-corrected chi connectivity index (χ4v) is 7.07. The molecule has 9 heteroatoms. The van der Waals surface area contributed by atoms with Crippen LogP contribution in [0.2, 0.25) is 5.02 Å². The monoisotopic (exact) mass is 620 g/mol. The van der Waals surface area contributed by atoms with E-state index in [1.165, 1.54) is 0 Å². The lowest BCUT2D eigenvalue weighted by Crippen LogP contribution is -2.49. The van der Waals surface area contributed by atoms with Crippen molar-refractivity contribution < 1.29 is 23.9 Å². The third kappa shape index (κ3) is 4.16. The highest BCUT2D eigenvalue weighted by Crippen LogP contribution is 2.61.